The monoisotopic (exact) mass is 363 g/mol. The van der Waals surface area contributed by atoms with Gasteiger partial charge in [-0.15, -0.1) is 23.4 Å². The van der Waals surface area contributed by atoms with Crippen LogP contribution in [0.5, 0.6) is 0 Å². The minimum atomic E-state index is -0.684. The number of nitrogens with one attached hydrogen (secondary N) is 1. The van der Waals surface area contributed by atoms with E-state index in [1.54, 1.807) is 0 Å². The lowest BCUT2D eigenvalue weighted by atomic mass is 10.2. The Labute approximate surface area is 150 Å². The highest BCUT2D eigenvalue weighted by atomic mass is 35.5. The smallest absolute Gasteiger partial charge is 0.408 e. The van der Waals surface area contributed by atoms with Crippen LogP contribution in [0.4, 0.5) is 4.79 Å². The number of ketones is 1. The highest BCUT2D eigenvalue weighted by Gasteiger charge is 2.21. The van der Waals surface area contributed by atoms with E-state index in [1.807, 2.05) is 60.7 Å². The van der Waals surface area contributed by atoms with E-state index in [0.717, 1.165) is 10.5 Å². The molecule has 0 aliphatic rings. The lowest BCUT2D eigenvalue weighted by Gasteiger charge is -2.16. The number of rotatable bonds is 8. The number of hydrogen-bond acceptors (Lipinski definition) is 4. The van der Waals surface area contributed by atoms with Crippen molar-refractivity contribution in [2.75, 3.05) is 11.6 Å². The van der Waals surface area contributed by atoms with E-state index < -0.39 is 12.1 Å². The number of ether oxygens (including phenoxy) is 1. The summed E-state index contributed by atoms with van der Waals surface area (Å²) < 4.78 is 5.15. The highest BCUT2D eigenvalue weighted by Crippen LogP contribution is 2.18. The molecule has 1 N–H and O–H groups in total. The molecule has 0 bridgehead atoms. The van der Waals surface area contributed by atoms with Crippen LogP contribution < -0.4 is 5.32 Å². The molecule has 0 heterocycles. The number of halogens is 1. The molecule has 2 aromatic rings. The topological polar surface area (TPSA) is 55.4 Å². The Morgan fingerprint density at radius 3 is 2.29 bits per heavy atom. The first-order valence-corrected chi connectivity index (χ1v) is 8.95. The van der Waals surface area contributed by atoms with Crippen LogP contribution in [0.25, 0.3) is 0 Å². The number of alkyl halides is 1. The van der Waals surface area contributed by atoms with Crippen molar-refractivity contribution in [3.05, 3.63) is 66.2 Å². The molecule has 0 radical (unpaired) electrons. The molecule has 2 aromatic carbocycles. The first-order valence-electron chi connectivity index (χ1n) is 7.43. The molecular formula is C18H18ClNO3S. The number of benzene rings is 2. The Morgan fingerprint density at radius 1 is 1.04 bits per heavy atom. The molecule has 4 nitrogen and oxygen atoms in total. The molecule has 24 heavy (non-hydrogen) atoms. The first-order chi connectivity index (χ1) is 11.7. The van der Waals surface area contributed by atoms with Crippen molar-refractivity contribution in [2.45, 2.75) is 17.5 Å². The Hall–Kier alpha value is -1.98. The van der Waals surface area contributed by atoms with Gasteiger partial charge in [-0.25, -0.2) is 4.79 Å². The van der Waals surface area contributed by atoms with Gasteiger partial charge in [-0.1, -0.05) is 48.5 Å². The summed E-state index contributed by atoms with van der Waals surface area (Å²) in [6.07, 6.45) is -0.629. The minimum absolute atomic E-state index is 0.153. The average molecular weight is 364 g/mol. The zero-order valence-electron chi connectivity index (χ0n) is 13.0. The van der Waals surface area contributed by atoms with E-state index in [-0.39, 0.29) is 18.3 Å². The Balaban J connectivity index is 1.85. The van der Waals surface area contributed by atoms with Gasteiger partial charge in [0.2, 0.25) is 0 Å². The molecule has 0 saturated heterocycles. The normalized spacial score (nSPS) is 11.5. The molecule has 126 valence electrons. The third-order valence-corrected chi connectivity index (χ3v) is 4.55. The summed E-state index contributed by atoms with van der Waals surface area (Å²) in [4.78, 5) is 24.9. The average Bonchev–Trinajstić information content (AvgIpc) is 2.64. The fourth-order valence-electron chi connectivity index (χ4n) is 1.91. The molecule has 6 heteroatoms. The Bertz CT molecular complexity index is 652. The standard InChI is InChI=1S/C18H18ClNO3S/c19-11-17(21)16(13-24-15-9-5-2-6-10-15)20-18(22)23-12-14-7-3-1-4-8-14/h1-10,16H,11-13H2,(H,20,22)/t16-/m0/s1. The van der Waals surface area contributed by atoms with Gasteiger partial charge in [-0.3, -0.25) is 4.79 Å². The largest absolute Gasteiger partial charge is 0.445 e. The van der Waals surface area contributed by atoms with Gasteiger partial charge >= 0.3 is 6.09 Å². The van der Waals surface area contributed by atoms with E-state index in [0.29, 0.717) is 5.75 Å². The van der Waals surface area contributed by atoms with E-state index in [4.69, 9.17) is 16.3 Å². The van der Waals surface area contributed by atoms with Gasteiger partial charge in [0.05, 0.1) is 5.88 Å². The van der Waals surface area contributed by atoms with Crippen LogP contribution >= 0.6 is 23.4 Å². The number of hydrogen-bond donors (Lipinski definition) is 1. The number of alkyl carbamates (subject to hydrolysis) is 1. The van der Waals surface area contributed by atoms with E-state index in [2.05, 4.69) is 5.32 Å². The second-order valence-corrected chi connectivity index (χ2v) is 6.34. The van der Waals surface area contributed by atoms with Crippen molar-refractivity contribution in [1.29, 1.82) is 0 Å². The molecular weight excluding hydrogens is 346 g/mol. The van der Waals surface area contributed by atoms with E-state index >= 15 is 0 Å². The lowest BCUT2D eigenvalue weighted by Crippen LogP contribution is -2.43. The van der Waals surface area contributed by atoms with E-state index in [9.17, 15) is 9.59 Å². The molecule has 0 fully saturated rings. The van der Waals surface area contributed by atoms with Crippen molar-refractivity contribution >= 4 is 35.2 Å². The molecule has 0 aromatic heterocycles. The van der Waals surface area contributed by atoms with Crippen LogP contribution in [0.3, 0.4) is 0 Å². The van der Waals surface area contributed by atoms with E-state index in [1.165, 1.54) is 11.8 Å². The van der Waals surface area contributed by atoms with Crippen molar-refractivity contribution in [3.8, 4) is 0 Å². The highest BCUT2D eigenvalue weighted by molar-refractivity contribution is 7.99. The fourth-order valence-corrected chi connectivity index (χ4v) is 3.08. The summed E-state index contributed by atoms with van der Waals surface area (Å²) in [5.74, 6) is 0.00591. The molecule has 0 aliphatic carbocycles. The molecule has 0 aliphatic heterocycles. The Kier molecular flexibility index (Phi) is 7.65. The van der Waals surface area contributed by atoms with Gasteiger partial charge in [-0.2, -0.15) is 0 Å². The van der Waals surface area contributed by atoms with Gasteiger partial charge < -0.3 is 10.1 Å². The quantitative estimate of drug-likeness (QED) is 0.571. The van der Waals surface area contributed by atoms with Crippen LogP contribution in [0.2, 0.25) is 0 Å². The predicted molar refractivity (Wildman–Crippen MR) is 96.4 cm³/mol. The van der Waals surface area contributed by atoms with Crippen LogP contribution in [-0.4, -0.2) is 29.6 Å². The molecule has 0 saturated carbocycles. The molecule has 1 atom stereocenters. The second-order valence-electron chi connectivity index (χ2n) is 4.98. The fraction of sp³-hybridized carbons (Fsp3) is 0.222. The van der Waals surface area contributed by atoms with Gasteiger partial charge in [0.1, 0.15) is 12.6 Å². The van der Waals surface area contributed by atoms with Gasteiger partial charge in [0.15, 0.2) is 5.78 Å². The molecule has 1 amide bonds. The van der Waals surface area contributed by atoms with Crippen molar-refractivity contribution < 1.29 is 14.3 Å². The molecule has 0 spiro atoms. The summed E-state index contributed by atoms with van der Waals surface area (Å²) in [6.45, 7) is 0.153. The van der Waals surface area contributed by atoms with Crippen molar-refractivity contribution in [2.24, 2.45) is 0 Å². The second kappa shape index (κ2) is 10.0. The van der Waals surface area contributed by atoms with Crippen LogP contribution in [0, 0.1) is 0 Å². The third-order valence-electron chi connectivity index (χ3n) is 3.19. The zero-order chi connectivity index (χ0) is 17.2. The van der Waals surface area contributed by atoms with Crippen LogP contribution in [0.1, 0.15) is 5.56 Å². The summed E-state index contributed by atoms with van der Waals surface area (Å²) in [5, 5.41) is 2.59. The maximum Gasteiger partial charge on any atom is 0.408 e. The summed E-state index contributed by atoms with van der Waals surface area (Å²) >= 11 is 7.11. The third kappa shape index (κ3) is 6.26. The number of thioether (sulfide) groups is 1. The summed E-state index contributed by atoms with van der Waals surface area (Å²) in [5.41, 5.74) is 0.881. The maximum absolute atomic E-state index is 11.9. The van der Waals surface area contributed by atoms with Crippen LogP contribution in [-0.2, 0) is 16.1 Å². The van der Waals surface area contributed by atoms with Crippen molar-refractivity contribution in [1.82, 2.24) is 5.32 Å². The summed E-state index contributed by atoms with van der Waals surface area (Å²) in [7, 11) is 0. The molecule has 0 unspecified atom stereocenters. The number of Topliss-reactive ketones (excluding diaryl/α,β-unsaturated/α-hetero) is 1. The summed E-state index contributed by atoms with van der Waals surface area (Å²) in [6, 6.07) is 18.3. The maximum atomic E-state index is 11.9. The van der Waals surface area contributed by atoms with Gasteiger partial charge in [-0.05, 0) is 17.7 Å². The van der Waals surface area contributed by atoms with Crippen LogP contribution in [0.15, 0.2) is 65.6 Å². The first kappa shape index (κ1) is 18.4. The minimum Gasteiger partial charge on any atom is -0.445 e. The number of carbonyl (C=O) groups excluding carboxylic acids is 2. The SMILES string of the molecule is O=C(N[C@@H](CSc1ccccc1)C(=O)CCl)OCc1ccccc1. The molecule has 2 rings (SSSR count). The van der Waals surface area contributed by atoms with Gasteiger partial charge in [0, 0.05) is 10.6 Å². The number of amides is 1. The zero-order valence-corrected chi connectivity index (χ0v) is 14.6. The Morgan fingerprint density at radius 2 is 1.67 bits per heavy atom. The lowest BCUT2D eigenvalue weighted by molar-refractivity contribution is -0.118. The number of carbonyl (C=O) groups is 2. The predicted octanol–water partition coefficient (Wildman–Crippen LogP) is 3.88. The van der Waals surface area contributed by atoms with Gasteiger partial charge in [0.25, 0.3) is 0 Å². The van der Waals surface area contributed by atoms with Crippen molar-refractivity contribution in [3.63, 3.8) is 0 Å².